The summed E-state index contributed by atoms with van der Waals surface area (Å²) in [6.07, 6.45) is 6.81. The van der Waals surface area contributed by atoms with Crippen LogP contribution in [0.1, 0.15) is 38.5 Å². The molecule has 0 aliphatic carbocycles. The molecule has 1 unspecified atom stereocenters. The number of hydrogen-bond donors (Lipinski definition) is 1. The number of nitrogens with two attached hydrogens (primary N) is 1. The van der Waals surface area contributed by atoms with Crippen molar-refractivity contribution < 1.29 is 4.79 Å². The predicted octanol–water partition coefficient (Wildman–Crippen LogP) is 1.35. The zero-order valence-electron chi connectivity index (χ0n) is 14.5. The van der Waals surface area contributed by atoms with Gasteiger partial charge in [-0.1, -0.05) is 0 Å². The van der Waals surface area contributed by atoms with Crippen LogP contribution in [0.25, 0.3) is 0 Å². The van der Waals surface area contributed by atoms with Gasteiger partial charge in [0, 0.05) is 40.3 Å². The van der Waals surface area contributed by atoms with Crippen LogP contribution in [-0.2, 0) is 4.79 Å². The van der Waals surface area contributed by atoms with Gasteiger partial charge in [0.2, 0.25) is 5.91 Å². The maximum atomic E-state index is 12.1. The van der Waals surface area contributed by atoms with Crippen LogP contribution in [0.2, 0.25) is 0 Å². The highest BCUT2D eigenvalue weighted by Gasteiger charge is 2.30. The highest BCUT2D eigenvalue weighted by Crippen LogP contribution is 2.18. The van der Waals surface area contributed by atoms with E-state index in [4.69, 9.17) is 5.73 Å². The minimum atomic E-state index is 0. The van der Waals surface area contributed by atoms with Gasteiger partial charge in [-0.3, -0.25) is 14.7 Å². The predicted molar refractivity (Wildman–Crippen MR) is 105 cm³/mol. The van der Waals surface area contributed by atoms with Gasteiger partial charge in [0.1, 0.15) is 0 Å². The number of likely N-dealkylation sites (tertiary alicyclic amines) is 2. The molecule has 2 aliphatic rings. The number of amides is 1. The van der Waals surface area contributed by atoms with Gasteiger partial charge in [-0.25, -0.2) is 0 Å². The summed E-state index contributed by atoms with van der Waals surface area (Å²) in [5.41, 5.74) is 6.06. The number of guanidine groups is 1. The maximum absolute atomic E-state index is 12.1. The van der Waals surface area contributed by atoms with Crippen LogP contribution in [0.15, 0.2) is 4.99 Å². The summed E-state index contributed by atoms with van der Waals surface area (Å²) in [6, 6.07) is 0.0680. The molecule has 1 amide bonds. The molecule has 2 aliphatic heterocycles. The first-order chi connectivity index (χ1) is 10.6. The fraction of sp³-hybridized carbons (Fsp3) is 0.875. The summed E-state index contributed by atoms with van der Waals surface area (Å²) >= 11 is 0. The molecule has 6 nitrogen and oxygen atoms in total. The van der Waals surface area contributed by atoms with Crippen LogP contribution in [0, 0.1) is 0 Å². The number of piperidine rings is 1. The van der Waals surface area contributed by atoms with Crippen molar-refractivity contribution in [3.05, 3.63) is 0 Å². The SMILES string of the molecule is CN(C)C(=O)C1CCCN1CCCN=C(N)N1CCCCC1.I. The standard InChI is InChI=1S/C16H31N5O.HI/c1-19(2)15(22)14-8-6-12-20(14)13-7-9-18-16(17)21-10-4-3-5-11-21;/h14H,3-13H2,1-2H3,(H2,17,18);1H. The molecule has 2 saturated heterocycles. The fourth-order valence-corrected chi connectivity index (χ4v) is 3.36. The number of nitrogens with zero attached hydrogens (tertiary/aromatic N) is 4. The Morgan fingerprint density at radius 3 is 2.52 bits per heavy atom. The van der Waals surface area contributed by atoms with Gasteiger partial charge in [-0.05, 0) is 45.1 Å². The van der Waals surface area contributed by atoms with Crippen molar-refractivity contribution in [2.24, 2.45) is 10.7 Å². The lowest BCUT2D eigenvalue weighted by molar-refractivity contribution is -0.133. The lowest BCUT2D eigenvalue weighted by atomic mass is 10.1. The van der Waals surface area contributed by atoms with Crippen molar-refractivity contribution in [1.82, 2.24) is 14.7 Å². The molecule has 134 valence electrons. The molecule has 2 N–H and O–H groups in total. The Balaban J connectivity index is 0.00000264. The molecule has 1 atom stereocenters. The summed E-state index contributed by atoms with van der Waals surface area (Å²) in [5.74, 6) is 0.927. The third-order valence-corrected chi connectivity index (χ3v) is 4.65. The first-order valence-corrected chi connectivity index (χ1v) is 8.59. The van der Waals surface area contributed by atoms with Gasteiger partial charge in [-0.2, -0.15) is 0 Å². The van der Waals surface area contributed by atoms with E-state index in [2.05, 4.69) is 14.8 Å². The van der Waals surface area contributed by atoms with Crippen molar-refractivity contribution in [2.75, 3.05) is 46.8 Å². The quantitative estimate of drug-likeness (QED) is 0.305. The number of carbonyl (C=O) groups is 1. The van der Waals surface area contributed by atoms with E-state index in [1.54, 1.807) is 4.90 Å². The zero-order valence-corrected chi connectivity index (χ0v) is 16.9. The third-order valence-electron chi connectivity index (χ3n) is 4.65. The second-order valence-electron chi connectivity index (χ2n) is 6.57. The van der Waals surface area contributed by atoms with E-state index in [0.29, 0.717) is 5.96 Å². The molecule has 0 aromatic carbocycles. The molecule has 0 bridgehead atoms. The van der Waals surface area contributed by atoms with Crippen molar-refractivity contribution in [1.29, 1.82) is 0 Å². The van der Waals surface area contributed by atoms with Crippen molar-refractivity contribution >= 4 is 35.8 Å². The van der Waals surface area contributed by atoms with Crippen molar-refractivity contribution in [2.45, 2.75) is 44.6 Å². The van der Waals surface area contributed by atoms with Gasteiger partial charge in [-0.15, -0.1) is 24.0 Å². The van der Waals surface area contributed by atoms with Crippen LogP contribution >= 0.6 is 24.0 Å². The van der Waals surface area contributed by atoms with Crippen molar-refractivity contribution in [3.8, 4) is 0 Å². The van der Waals surface area contributed by atoms with Crippen LogP contribution in [0.3, 0.4) is 0 Å². The first-order valence-electron chi connectivity index (χ1n) is 8.59. The number of halogens is 1. The molecular formula is C16H32IN5O. The van der Waals surface area contributed by atoms with Gasteiger partial charge >= 0.3 is 0 Å². The summed E-state index contributed by atoms with van der Waals surface area (Å²) in [7, 11) is 3.67. The minimum Gasteiger partial charge on any atom is -0.370 e. The lowest BCUT2D eigenvalue weighted by Gasteiger charge is -2.28. The molecular weight excluding hydrogens is 405 g/mol. The molecule has 0 saturated carbocycles. The van der Waals surface area contributed by atoms with Crippen LogP contribution in [-0.4, -0.2) is 79.4 Å². The summed E-state index contributed by atoms with van der Waals surface area (Å²) in [6.45, 7) is 4.79. The first kappa shape index (κ1) is 20.5. The zero-order chi connectivity index (χ0) is 15.9. The van der Waals surface area contributed by atoms with E-state index in [9.17, 15) is 4.79 Å². The monoisotopic (exact) mass is 437 g/mol. The molecule has 0 spiro atoms. The van der Waals surface area contributed by atoms with Crippen LogP contribution < -0.4 is 5.73 Å². The van der Waals surface area contributed by atoms with Crippen LogP contribution in [0.5, 0.6) is 0 Å². The Kier molecular flexibility index (Phi) is 9.19. The van der Waals surface area contributed by atoms with E-state index in [0.717, 1.165) is 52.0 Å². The van der Waals surface area contributed by atoms with E-state index in [1.165, 1.54) is 19.3 Å². The van der Waals surface area contributed by atoms with E-state index in [-0.39, 0.29) is 35.9 Å². The number of carbonyl (C=O) groups excluding carboxylic acids is 1. The normalized spacial score (nSPS) is 22.8. The molecule has 0 aromatic rings. The Bertz CT molecular complexity index is 396. The summed E-state index contributed by atoms with van der Waals surface area (Å²) in [4.78, 5) is 22.8. The largest absolute Gasteiger partial charge is 0.370 e. The highest BCUT2D eigenvalue weighted by atomic mass is 127. The molecule has 2 fully saturated rings. The van der Waals surface area contributed by atoms with E-state index < -0.39 is 0 Å². The Morgan fingerprint density at radius 2 is 1.87 bits per heavy atom. The molecule has 2 heterocycles. The van der Waals surface area contributed by atoms with Gasteiger partial charge in [0.05, 0.1) is 6.04 Å². The lowest BCUT2D eigenvalue weighted by Crippen LogP contribution is -2.43. The Morgan fingerprint density at radius 1 is 1.17 bits per heavy atom. The molecule has 7 heteroatoms. The molecule has 0 aromatic heterocycles. The number of likely N-dealkylation sites (N-methyl/N-ethyl adjacent to an activating group) is 1. The number of hydrogen-bond acceptors (Lipinski definition) is 3. The number of aliphatic imine (C=N–C) groups is 1. The minimum absolute atomic E-state index is 0. The smallest absolute Gasteiger partial charge is 0.239 e. The highest BCUT2D eigenvalue weighted by molar-refractivity contribution is 14.0. The molecule has 23 heavy (non-hydrogen) atoms. The third kappa shape index (κ3) is 6.10. The fourth-order valence-electron chi connectivity index (χ4n) is 3.36. The molecule has 2 rings (SSSR count). The van der Waals surface area contributed by atoms with Crippen molar-refractivity contribution in [3.63, 3.8) is 0 Å². The Hall–Kier alpha value is -0.570. The second-order valence-corrected chi connectivity index (χ2v) is 6.57. The average molecular weight is 437 g/mol. The number of rotatable bonds is 5. The topological polar surface area (TPSA) is 65.2 Å². The average Bonchev–Trinajstić information content (AvgIpc) is 2.99. The van der Waals surface area contributed by atoms with Crippen LogP contribution in [0.4, 0.5) is 0 Å². The van der Waals surface area contributed by atoms with E-state index >= 15 is 0 Å². The second kappa shape index (κ2) is 10.3. The Labute approximate surface area is 157 Å². The van der Waals surface area contributed by atoms with Gasteiger partial charge in [0.25, 0.3) is 0 Å². The summed E-state index contributed by atoms with van der Waals surface area (Å²) < 4.78 is 0. The van der Waals surface area contributed by atoms with E-state index in [1.807, 2.05) is 14.1 Å². The summed E-state index contributed by atoms with van der Waals surface area (Å²) in [5, 5.41) is 0. The van der Waals surface area contributed by atoms with Gasteiger partial charge < -0.3 is 15.5 Å². The maximum Gasteiger partial charge on any atom is 0.239 e. The molecule has 0 radical (unpaired) electrons. The van der Waals surface area contributed by atoms with Gasteiger partial charge in [0.15, 0.2) is 5.96 Å².